The number of nitrogens with zero attached hydrogens (tertiary/aromatic N) is 1. The monoisotopic (exact) mass is 316 g/mol. The zero-order valence-electron chi connectivity index (χ0n) is 12.6. The molecule has 9 nitrogen and oxygen atoms in total. The van der Waals surface area contributed by atoms with Gasteiger partial charge in [-0.2, -0.15) is 0 Å². The third-order valence-electron chi connectivity index (χ3n) is 3.78. The molecule has 1 saturated heterocycles. The van der Waals surface area contributed by atoms with Gasteiger partial charge in [-0.25, -0.2) is 4.79 Å². The Morgan fingerprint density at radius 3 is 2.59 bits per heavy atom. The minimum Gasteiger partial charge on any atom is -0.394 e. The summed E-state index contributed by atoms with van der Waals surface area (Å²) in [6.07, 6.45) is -2.40. The van der Waals surface area contributed by atoms with Gasteiger partial charge in [0.1, 0.15) is 18.3 Å². The molecule has 1 fully saturated rings. The van der Waals surface area contributed by atoms with Gasteiger partial charge in [0.25, 0.3) is 5.56 Å². The summed E-state index contributed by atoms with van der Waals surface area (Å²) in [5.41, 5.74) is -0.880. The Hall–Kier alpha value is -1.52. The van der Waals surface area contributed by atoms with E-state index in [4.69, 9.17) is 14.2 Å². The van der Waals surface area contributed by atoms with Crippen LogP contribution in [0.4, 0.5) is 0 Å². The van der Waals surface area contributed by atoms with Crippen LogP contribution in [0, 0.1) is 6.92 Å². The van der Waals surface area contributed by atoms with Crippen molar-refractivity contribution in [1.82, 2.24) is 9.55 Å². The fraction of sp³-hybridized carbons (Fsp3) is 0.692. The van der Waals surface area contributed by atoms with Crippen molar-refractivity contribution < 1.29 is 24.4 Å². The average Bonchev–Trinajstić information content (AvgIpc) is 2.81. The molecular weight excluding hydrogens is 296 g/mol. The summed E-state index contributed by atoms with van der Waals surface area (Å²) in [5.74, 6) is 0. The number of rotatable bonds is 5. The molecule has 0 radical (unpaired) electrons. The number of aromatic amines is 1. The zero-order valence-corrected chi connectivity index (χ0v) is 12.6. The van der Waals surface area contributed by atoms with Gasteiger partial charge in [-0.15, -0.1) is 0 Å². The molecule has 3 N–H and O–H groups in total. The second-order valence-corrected chi connectivity index (χ2v) is 5.12. The first kappa shape index (κ1) is 16.8. The topological polar surface area (TPSA) is 123 Å². The molecule has 9 heteroatoms. The van der Waals surface area contributed by atoms with E-state index in [1.807, 2.05) is 0 Å². The smallest absolute Gasteiger partial charge is 0.328 e. The number of methoxy groups -OCH3 is 2. The molecule has 0 aromatic carbocycles. The number of ether oxygens (including phenoxy) is 3. The maximum absolute atomic E-state index is 12.0. The Morgan fingerprint density at radius 1 is 1.41 bits per heavy atom. The lowest BCUT2D eigenvalue weighted by molar-refractivity contribution is -0.193. The van der Waals surface area contributed by atoms with Gasteiger partial charge in [0, 0.05) is 26.0 Å². The van der Waals surface area contributed by atoms with E-state index in [2.05, 4.69) is 4.98 Å². The van der Waals surface area contributed by atoms with Gasteiger partial charge in [0.05, 0.1) is 12.6 Å². The molecule has 1 aromatic rings. The minimum absolute atomic E-state index is 0.307. The number of H-pyrrole nitrogens is 1. The van der Waals surface area contributed by atoms with E-state index in [-0.39, 0.29) is 0 Å². The van der Waals surface area contributed by atoms with Crippen LogP contribution in [0.15, 0.2) is 15.8 Å². The van der Waals surface area contributed by atoms with Crippen molar-refractivity contribution >= 4 is 0 Å². The highest BCUT2D eigenvalue weighted by atomic mass is 16.7. The molecule has 0 bridgehead atoms. The van der Waals surface area contributed by atoms with Crippen molar-refractivity contribution in [2.45, 2.75) is 37.6 Å². The highest BCUT2D eigenvalue weighted by Gasteiger charge is 2.48. The van der Waals surface area contributed by atoms with E-state index in [1.165, 1.54) is 27.3 Å². The van der Waals surface area contributed by atoms with Crippen LogP contribution in [-0.2, 0) is 14.2 Å². The fourth-order valence-corrected chi connectivity index (χ4v) is 2.67. The van der Waals surface area contributed by atoms with Crippen molar-refractivity contribution in [3.05, 3.63) is 32.6 Å². The third-order valence-corrected chi connectivity index (χ3v) is 3.78. The maximum atomic E-state index is 12.0. The Labute approximate surface area is 126 Å². The van der Waals surface area contributed by atoms with Crippen LogP contribution in [0.2, 0.25) is 0 Å². The number of aryl methyl sites for hydroxylation is 1. The highest BCUT2D eigenvalue weighted by Crippen LogP contribution is 2.32. The fourth-order valence-electron chi connectivity index (χ4n) is 2.67. The summed E-state index contributed by atoms with van der Waals surface area (Å²) in [7, 11) is 2.78. The third kappa shape index (κ3) is 2.85. The molecule has 1 aliphatic heterocycles. The Kier molecular flexibility index (Phi) is 5.14. The first-order valence-electron chi connectivity index (χ1n) is 6.76. The number of aromatic nitrogens is 2. The van der Waals surface area contributed by atoms with Crippen LogP contribution >= 0.6 is 0 Å². The lowest BCUT2D eigenvalue weighted by Gasteiger charge is -2.24. The van der Waals surface area contributed by atoms with E-state index in [1.54, 1.807) is 0 Å². The van der Waals surface area contributed by atoms with Crippen LogP contribution in [0.1, 0.15) is 11.6 Å². The van der Waals surface area contributed by atoms with E-state index in [0.29, 0.717) is 5.56 Å². The van der Waals surface area contributed by atoms with Crippen molar-refractivity contribution in [3.63, 3.8) is 0 Å². The van der Waals surface area contributed by atoms with Crippen LogP contribution in [0.25, 0.3) is 0 Å². The molecule has 4 atom stereocenters. The van der Waals surface area contributed by atoms with Gasteiger partial charge in [0.15, 0.2) is 6.29 Å². The van der Waals surface area contributed by atoms with E-state index in [0.717, 1.165) is 4.57 Å². The van der Waals surface area contributed by atoms with Crippen molar-refractivity contribution in [1.29, 1.82) is 0 Å². The highest BCUT2D eigenvalue weighted by molar-refractivity contribution is 5.05. The summed E-state index contributed by atoms with van der Waals surface area (Å²) >= 11 is 0. The molecule has 1 aromatic heterocycles. The standard InChI is InChI=1S/C13H20N2O7/c1-6-4-15(13(19)14-11(6)18)8-7(5-16)22-10(9(8)17)12(20-2)21-3/h4,7-10,12,16-17H,5H2,1-3H3,(H,14,18,19). The average molecular weight is 316 g/mol. The molecule has 4 unspecified atom stereocenters. The Bertz CT molecular complexity index is 622. The molecule has 0 spiro atoms. The first-order chi connectivity index (χ1) is 10.4. The predicted molar refractivity (Wildman–Crippen MR) is 74.7 cm³/mol. The molecule has 124 valence electrons. The summed E-state index contributed by atoms with van der Waals surface area (Å²) in [6, 6.07) is -0.870. The number of hydrogen-bond donors (Lipinski definition) is 3. The molecule has 0 amide bonds. The summed E-state index contributed by atoms with van der Waals surface area (Å²) in [6.45, 7) is 1.12. The number of nitrogens with one attached hydrogen (secondary N) is 1. The van der Waals surface area contributed by atoms with E-state index >= 15 is 0 Å². The van der Waals surface area contributed by atoms with Crippen molar-refractivity contribution in [2.75, 3.05) is 20.8 Å². The number of aliphatic hydroxyl groups excluding tert-OH is 2. The van der Waals surface area contributed by atoms with Crippen LogP contribution in [0.5, 0.6) is 0 Å². The largest absolute Gasteiger partial charge is 0.394 e. The first-order valence-corrected chi connectivity index (χ1v) is 6.76. The molecular formula is C13H20N2O7. The van der Waals surface area contributed by atoms with Gasteiger partial charge >= 0.3 is 5.69 Å². The van der Waals surface area contributed by atoms with Gasteiger partial charge in [-0.3, -0.25) is 14.3 Å². The number of aliphatic hydroxyl groups is 2. The molecule has 22 heavy (non-hydrogen) atoms. The lowest BCUT2D eigenvalue weighted by Crippen LogP contribution is -2.43. The second kappa shape index (κ2) is 6.71. The van der Waals surface area contributed by atoms with Crippen LogP contribution < -0.4 is 11.2 Å². The van der Waals surface area contributed by atoms with Gasteiger partial charge in [-0.05, 0) is 6.92 Å². The molecule has 0 saturated carbocycles. The normalized spacial score (nSPS) is 28.5. The quantitative estimate of drug-likeness (QED) is 0.544. The van der Waals surface area contributed by atoms with E-state index in [9.17, 15) is 19.8 Å². The van der Waals surface area contributed by atoms with Crippen molar-refractivity contribution in [2.24, 2.45) is 0 Å². The minimum atomic E-state index is -1.16. The lowest BCUT2D eigenvalue weighted by atomic mass is 10.0. The zero-order chi connectivity index (χ0) is 16.4. The van der Waals surface area contributed by atoms with E-state index < -0.39 is 48.5 Å². The summed E-state index contributed by atoms with van der Waals surface area (Å²) in [4.78, 5) is 25.6. The molecule has 2 rings (SSSR count). The number of hydrogen-bond acceptors (Lipinski definition) is 7. The van der Waals surface area contributed by atoms with Gasteiger partial charge in [-0.1, -0.05) is 0 Å². The molecule has 0 aliphatic carbocycles. The van der Waals surface area contributed by atoms with Gasteiger partial charge < -0.3 is 24.4 Å². The van der Waals surface area contributed by atoms with Crippen molar-refractivity contribution in [3.8, 4) is 0 Å². The summed E-state index contributed by atoms with van der Waals surface area (Å²) < 4.78 is 16.9. The summed E-state index contributed by atoms with van der Waals surface area (Å²) in [5, 5.41) is 19.9. The van der Waals surface area contributed by atoms with Crippen LogP contribution in [-0.4, -0.2) is 65.2 Å². The van der Waals surface area contributed by atoms with Crippen LogP contribution in [0.3, 0.4) is 0 Å². The maximum Gasteiger partial charge on any atom is 0.328 e. The second-order valence-electron chi connectivity index (χ2n) is 5.12. The predicted octanol–water partition coefficient (Wildman–Crippen LogP) is -1.87. The Balaban J connectivity index is 2.43. The molecule has 2 heterocycles. The SMILES string of the molecule is COC(OC)C1OC(CO)C(n2cc(C)c(=O)[nH]c2=O)C1O. The molecule has 1 aliphatic rings. The Morgan fingerprint density at radius 2 is 2.05 bits per heavy atom. The van der Waals surface area contributed by atoms with Gasteiger partial charge in [0.2, 0.25) is 0 Å².